The third kappa shape index (κ3) is 2.02. The molecule has 3 nitrogen and oxygen atoms in total. The Morgan fingerprint density at radius 2 is 1.94 bits per heavy atom. The zero-order chi connectivity index (χ0) is 12.4. The molecule has 3 rings (SSSR count). The molecule has 0 bridgehead atoms. The third-order valence-electron chi connectivity index (χ3n) is 3.02. The minimum Gasteiger partial charge on any atom is -0.450 e. The van der Waals surface area contributed by atoms with Gasteiger partial charge in [-0.3, -0.25) is 4.98 Å². The average molecular weight is 235 g/mol. The van der Waals surface area contributed by atoms with Gasteiger partial charge >= 0.3 is 7.48 Å². The van der Waals surface area contributed by atoms with E-state index in [4.69, 9.17) is 5.02 Å². The van der Waals surface area contributed by atoms with Crippen molar-refractivity contribution in [2.45, 2.75) is 6.54 Å². The molecule has 18 heavy (non-hydrogen) atoms. The van der Waals surface area contributed by atoms with E-state index < -0.39 is 0 Å². The van der Waals surface area contributed by atoms with Gasteiger partial charge in [0.25, 0.3) is 0 Å². The summed E-state index contributed by atoms with van der Waals surface area (Å²) >= 11 is 0. The van der Waals surface area contributed by atoms with E-state index in [0.29, 0.717) is 0 Å². The van der Waals surface area contributed by atoms with Crippen LogP contribution >= 0.6 is 0 Å². The SMILES string of the molecule is O[B]c1ccc(Cn2ccc3ncccc32)cc1. The van der Waals surface area contributed by atoms with Gasteiger partial charge in [-0.05, 0) is 23.8 Å². The maximum Gasteiger partial charge on any atom is 0.326 e. The molecular formula is C14H12BN2O. The molecule has 2 heterocycles. The molecule has 2 aromatic heterocycles. The minimum absolute atomic E-state index is 0.806. The van der Waals surface area contributed by atoms with Crippen LogP contribution in [0.15, 0.2) is 54.9 Å². The predicted molar refractivity (Wildman–Crippen MR) is 72.9 cm³/mol. The van der Waals surface area contributed by atoms with E-state index in [1.807, 2.05) is 42.6 Å². The number of nitrogens with zero attached hydrogens (tertiary/aromatic N) is 2. The van der Waals surface area contributed by atoms with Crippen LogP contribution in [0, 0.1) is 0 Å². The summed E-state index contributed by atoms with van der Waals surface area (Å²) in [7, 11) is 1.11. The smallest absolute Gasteiger partial charge is 0.326 e. The number of rotatable bonds is 3. The maximum absolute atomic E-state index is 8.89. The second-order valence-corrected chi connectivity index (χ2v) is 4.22. The summed E-state index contributed by atoms with van der Waals surface area (Å²) < 4.78 is 2.17. The lowest BCUT2D eigenvalue weighted by Gasteiger charge is -2.06. The van der Waals surface area contributed by atoms with Gasteiger partial charge in [0, 0.05) is 18.9 Å². The molecule has 1 N–H and O–H groups in total. The van der Waals surface area contributed by atoms with E-state index in [-0.39, 0.29) is 0 Å². The zero-order valence-electron chi connectivity index (χ0n) is 9.82. The molecule has 0 aliphatic heterocycles. The van der Waals surface area contributed by atoms with Crippen molar-refractivity contribution in [3.05, 3.63) is 60.4 Å². The van der Waals surface area contributed by atoms with Crippen LogP contribution in [-0.4, -0.2) is 22.1 Å². The summed E-state index contributed by atoms with van der Waals surface area (Å²) in [6.45, 7) is 0.806. The third-order valence-corrected chi connectivity index (χ3v) is 3.02. The van der Waals surface area contributed by atoms with E-state index in [0.717, 1.165) is 30.5 Å². The lowest BCUT2D eigenvalue weighted by molar-refractivity contribution is 0.615. The highest BCUT2D eigenvalue weighted by molar-refractivity contribution is 6.45. The fourth-order valence-electron chi connectivity index (χ4n) is 2.06. The Balaban J connectivity index is 1.91. The van der Waals surface area contributed by atoms with Gasteiger partial charge in [-0.1, -0.05) is 29.7 Å². The van der Waals surface area contributed by atoms with Gasteiger partial charge in [-0.15, -0.1) is 0 Å². The van der Waals surface area contributed by atoms with Crippen molar-refractivity contribution >= 4 is 24.0 Å². The first-order valence-electron chi connectivity index (χ1n) is 5.83. The highest BCUT2D eigenvalue weighted by atomic mass is 16.2. The van der Waals surface area contributed by atoms with Crippen LogP contribution in [0.2, 0.25) is 0 Å². The van der Waals surface area contributed by atoms with Crippen molar-refractivity contribution in [1.82, 2.24) is 9.55 Å². The normalized spacial score (nSPS) is 10.7. The van der Waals surface area contributed by atoms with Gasteiger partial charge in [0.05, 0.1) is 11.0 Å². The summed E-state index contributed by atoms with van der Waals surface area (Å²) in [6, 6.07) is 13.9. The lowest BCUT2D eigenvalue weighted by atomic mass is 9.88. The first kappa shape index (κ1) is 11.0. The van der Waals surface area contributed by atoms with Gasteiger partial charge < -0.3 is 9.59 Å². The Morgan fingerprint density at radius 3 is 2.72 bits per heavy atom. The first-order valence-corrected chi connectivity index (χ1v) is 5.83. The molecule has 0 saturated heterocycles. The Labute approximate surface area is 106 Å². The van der Waals surface area contributed by atoms with Crippen molar-refractivity contribution in [3.8, 4) is 0 Å². The Morgan fingerprint density at radius 1 is 1.11 bits per heavy atom. The first-order chi connectivity index (χ1) is 8.86. The molecule has 0 unspecified atom stereocenters. The summed E-state index contributed by atoms with van der Waals surface area (Å²) in [5.74, 6) is 0. The molecule has 0 spiro atoms. The molecular weight excluding hydrogens is 223 g/mol. The van der Waals surface area contributed by atoms with Crippen LogP contribution in [0.5, 0.6) is 0 Å². The predicted octanol–water partition coefficient (Wildman–Crippen LogP) is 1.32. The van der Waals surface area contributed by atoms with Crippen molar-refractivity contribution in [3.63, 3.8) is 0 Å². The van der Waals surface area contributed by atoms with Crippen molar-refractivity contribution in [1.29, 1.82) is 0 Å². The monoisotopic (exact) mass is 235 g/mol. The Kier molecular flexibility index (Phi) is 2.86. The van der Waals surface area contributed by atoms with Crippen molar-refractivity contribution < 1.29 is 5.02 Å². The summed E-state index contributed by atoms with van der Waals surface area (Å²) in [5, 5.41) is 8.89. The van der Waals surface area contributed by atoms with E-state index in [2.05, 4.69) is 15.6 Å². The molecule has 0 saturated carbocycles. The molecule has 87 valence electrons. The van der Waals surface area contributed by atoms with Gasteiger partial charge in [-0.2, -0.15) is 0 Å². The molecule has 3 aromatic rings. The largest absolute Gasteiger partial charge is 0.450 e. The van der Waals surface area contributed by atoms with Crippen LogP contribution in [0.3, 0.4) is 0 Å². The molecule has 0 fully saturated rings. The number of aromatic nitrogens is 2. The molecule has 0 aliphatic carbocycles. The summed E-state index contributed by atoms with van der Waals surface area (Å²) in [6.07, 6.45) is 3.85. The van der Waals surface area contributed by atoms with Crippen LogP contribution in [0.1, 0.15) is 5.56 Å². The van der Waals surface area contributed by atoms with Crippen LogP contribution < -0.4 is 5.46 Å². The standard InChI is InChI=1S/C14H12BN2O/c18-15-12-5-3-11(4-6-12)10-17-9-7-13-14(17)2-1-8-16-13/h1-9,18H,10H2. The Bertz CT molecular complexity index is 661. The molecule has 1 radical (unpaired) electrons. The van der Waals surface area contributed by atoms with Crippen LogP contribution in [0.25, 0.3) is 11.0 Å². The lowest BCUT2D eigenvalue weighted by Crippen LogP contribution is -2.12. The van der Waals surface area contributed by atoms with Gasteiger partial charge in [0.1, 0.15) is 0 Å². The quantitative estimate of drug-likeness (QED) is 0.695. The molecule has 4 heteroatoms. The molecule has 0 amide bonds. The number of benzene rings is 1. The van der Waals surface area contributed by atoms with E-state index >= 15 is 0 Å². The van der Waals surface area contributed by atoms with Gasteiger partial charge in [0.2, 0.25) is 0 Å². The topological polar surface area (TPSA) is 38.0 Å². The van der Waals surface area contributed by atoms with Crippen molar-refractivity contribution in [2.75, 3.05) is 0 Å². The van der Waals surface area contributed by atoms with E-state index in [9.17, 15) is 0 Å². The van der Waals surface area contributed by atoms with Gasteiger partial charge in [-0.25, -0.2) is 0 Å². The zero-order valence-corrected chi connectivity index (χ0v) is 9.82. The fourth-order valence-corrected chi connectivity index (χ4v) is 2.06. The van der Waals surface area contributed by atoms with Crippen molar-refractivity contribution in [2.24, 2.45) is 0 Å². The summed E-state index contributed by atoms with van der Waals surface area (Å²) in [4.78, 5) is 4.31. The second-order valence-electron chi connectivity index (χ2n) is 4.22. The number of hydrogen-bond acceptors (Lipinski definition) is 2. The number of hydrogen-bond donors (Lipinski definition) is 1. The summed E-state index contributed by atoms with van der Waals surface area (Å²) in [5.41, 5.74) is 4.16. The Hall–Kier alpha value is -2.07. The highest BCUT2D eigenvalue weighted by Crippen LogP contribution is 2.14. The highest BCUT2D eigenvalue weighted by Gasteiger charge is 2.02. The number of fused-ring (bicyclic) bond motifs is 1. The molecule has 0 atom stereocenters. The molecule has 1 aromatic carbocycles. The van der Waals surface area contributed by atoms with Crippen LogP contribution in [-0.2, 0) is 6.54 Å². The molecule has 0 aliphatic rings. The second kappa shape index (κ2) is 4.66. The minimum atomic E-state index is 0.806. The van der Waals surface area contributed by atoms with E-state index in [1.165, 1.54) is 5.56 Å². The van der Waals surface area contributed by atoms with Gasteiger partial charge in [0.15, 0.2) is 0 Å². The van der Waals surface area contributed by atoms with E-state index in [1.54, 1.807) is 6.20 Å². The maximum atomic E-state index is 8.89. The average Bonchev–Trinajstić information content (AvgIpc) is 2.83. The van der Waals surface area contributed by atoms with Crippen LogP contribution in [0.4, 0.5) is 0 Å². The fraction of sp³-hybridized carbons (Fsp3) is 0.0714. The number of pyridine rings is 1.